The maximum absolute atomic E-state index is 12.6. The van der Waals surface area contributed by atoms with Gasteiger partial charge in [0.1, 0.15) is 0 Å². The number of nitriles is 1. The third-order valence-corrected chi connectivity index (χ3v) is 4.25. The molecule has 0 saturated heterocycles. The SMILES string of the molecule is CN(C)c1cc(C#N)cc(C(=O)Nc2ccc(C(=O)c3nccn3C)cc2)c1. The number of hydrogen-bond acceptors (Lipinski definition) is 5. The first-order valence-electron chi connectivity index (χ1n) is 8.55. The fourth-order valence-electron chi connectivity index (χ4n) is 2.69. The van der Waals surface area contributed by atoms with Gasteiger partial charge in [-0.1, -0.05) is 0 Å². The lowest BCUT2D eigenvalue weighted by Gasteiger charge is -2.14. The van der Waals surface area contributed by atoms with Gasteiger partial charge in [0.15, 0.2) is 5.82 Å². The topological polar surface area (TPSA) is 91.0 Å². The smallest absolute Gasteiger partial charge is 0.255 e. The second-order valence-electron chi connectivity index (χ2n) is 6.50. The average molecular weight is 373 g/mol. The van der Waals surface area contributed by atoms with Crippen LogP contribution in [0, 0.1) is 11.3 Å². The molecule has 0 bridgehead atoms. The van der Waals surface area contributed by atoms with E-state index < -0.39 is 0 Å². The van der Waals surface area contributed by atoms with Crippen molar-refractivity contribution in [2.45, 2.75) is 0 Å². The summed E-state index contributed by atoms with van der Waals surface area (Å²) in [5.74, 6) is -0.174. The molecule has 0 aliphatic carbocycles. The minimum atomic E-state index is -0.330. The summed E-state index contributed by atoms with van der Waals surface area (Å²) in [6.45, 7) is 0. The molecule has 140 valence electrons. The van der Waals surface area contributed by atoms with Crippen LogP contribution in [0.4, 0.5) is 11.4 Å². The lowest BCUT2D eigenvalue weighted by molar-refractivity contribution is 0.102. The van der Waals surface area contributed by atoms with E-state index in [1.807, 2.05) is 19.0 Å². The predicted octanol–water partition coefficient (Wildman–Crippen LogP) is 2.84. The van der Waals surface area contributed by atoms with Crippen LogP contribution in [0.25, 0.3) is 0 Å². The monoisotopic (exact) mass is 373 g/mol. The third kappa shape index (κ3) is 3.91. The van der Waals surface area contributed by atoms with Crippen LogP contribution in [0.5, 0.6) is 0 Å². The molecule has 1 N–H and O–H groups in total. The van der Waals surface area contributed by atoms with Crippen LogP contribution >= 0.6 is 0 Å². The molecule has 0 fully saturated rings. The molecule has 3 rings (SSSR count). The van der Waals surface area contributed by atoms with Crippen molar-refractivity contribution in [1.82, 2.24) is 9.55 Å². The number of benzene rings is 2. The molecule has 0 aliphatic rings. The standard InChI is InChI=1S/C21H19N5O2/c1-25(2)18-11-14(13-22)10-16(12-18)21(28)24-17-6-4-15(5-7-17)19(27)20-23-8-9-26(20)3/h4-12H,1-3H3,(H,24,28). The number of nitrogens with zero attached hydrogens (tertiary/aromatic N) is 4. The lowest BCUT2D eigenvalue weighted by Crippen LogP contribution is -2.15. The van der Waals surface area contributed by atoms with Crippen LogP contribution in [-0.2, 0) is 7.05 Å². The first-order chi connectivity index (χ1) is 13.4. The van der Waals surface area contributed by atoms with Crippen molar-refractivity contribution in [2.75, 3.05) is 24.3 Å². The summed E-state index contributed by atoms with van der Waals surface area (Å²) in [7, 11) is 5.44. The largest absolute Gasteiger partial charge is 0.378 e. The highest BCUT2D eigenvalue weighted by Crippen LogP contribution is 2.19. The van der Waals surface area contributed by atoms with Crippen LogP contribution in [-0.4, -0.2) is 35.3 Å². The number of imidazole rings is 1. The summed E-state index contributed by atoms with van der Waals surface area (Å²) in [6, 6.07) is 13.7. The van der Waals surface area contributed by atoms with Gasteiger partial charge in [-0.2, -0.15) is 5.26 Å². The number of hydrogen-bond donors (Lipinski definition) is 1. The van der Waals surface area contributed by atoms with Gasteiger partial charge in [0, 0.05) is 56.0 Å². The van der Waals surface area contributed by atoms with Crippen molar-refractivity contribution in [3.8, 4) is 6.07 Å². The highest BCUT2D eigenvalue weighted by atomic mass is 16.1. The van der Waals surface area contributed by atoms with Crippen LogP contribution in [0.1, 0.15) is 32.1 Å². The minimum absolute atomic E-state index is 0.192. The quantitative estimate of drug-likeness (QED) is 0.695. The lowest BCUT2D eigenvalue weighted by atomic mass is 10.1. The van der Waals surface area contributed by atoms with Crippen molar-refractivity contribution in [1.29, 1.82) is 5.26 Å². The number of rotatable bonds is 5. The predicted molar refractivity (Wildman–Crippen MR) is 107 cm³/mol. The third-order valence-electron chi connectivity index (χ3n) is 4.25. The molecule has 1 heterocycles. The second kappa shape index (κ2) is 7.76. The van der Waals surface area contributed by atoms with Gasteiger partial charge in [0.2, 0.25) is 5.78 Å². The molecular formula is C21H19N5O2. The van der Waals surface area contributed by atoms with E-state index >= 15 is 0 Å². The van der Waals surface area contributed by atoms with Crippen molar-refractivity contribution >= 4 is 23.1 Å². The average Bonchev–Trinajstić information content (AvgIpc) is 3.13. The van der Waals surface area contributed by atoms with Gasteiger partial charge in [0.05, 0.1) is 11.6 Å². The summed E-state index contributed by atoms with van der Waals surface area (Å²) in [5.41, 5.74) is 2.59. The van der Waals surface area contributed by atoms with E-state index in [9.17, 15) is 14.9 Å². The molecule has 0 saturated carbocycles. The zero-order valence-corrected chi connectivity index (χ0v) is 15.8. The van der Waals surface area contributed by atoms with Crippen molar-refractivity contribution in [3.63, 3.8) is 0 Å². The molecule has 7 nitrogen and oxygen atoms in total. The number of aryl methyl sites for hydroxylation is 1. The highest BCUT2D eigenvalue weighted by molar-refractivity contribution is 6.08. The van der Waals surface area contributed by atoms with Gasteiger partial charge in [0.25, 0.3) is 5.91 Å². The Morgan fingerprint density at radius 3 is 2.39 bits per heavy atom. The van der Waals surface area contributed by atoms with Gasteiger partial charge in [-0.15, -0.1) is 0 Å². The molecular weight excluding hydrogens is 354 g/mol. The van der Waals surface area contributed by atoms with Crippen LogP contribution < -0.4 is 10.2 Å². The summed E-state index contributed by atoms with van der Waals surface area (Å²) in [6.07, 6.45) is 3.28. The molecule has 0 aliphatic heterocycles. The first-order valence-corrected chi connectivity index (χ1v) is 8.55. The molecule has 2 aromatic carbocycles. The minimum Gasteiger partial charge on any atom is -0.378 e. The Labute approximate surface area is 162 Å². The van der Waals surface area contributed by atoms with Crippen LogP contribution in [0.2, 0.25) is 0 Å². The maximum atomic E-state index is 12.6. The van der Waals surface area contributed by atoms with Crippen LogP contribution in [0.3, 0.4) is 0 Å². The van der Waals surface area contributed by atoms with E-state index in [2.05, 4.69) is 16.4 Å². The molecule has 1 aromatic heterocycles. The Morgan fingerprint density at radius 1 is 1.11 bits per heavy atom. The molecule has 0 spiro atoms. The summed E-state index contributed by atoms with van der Waals surface area (Å²) in [5, 5.41) is 12.0. The zero-order chi connectivity index (χ0) is 20.3. The number of anilines is 2. The number of aromatic nitrogens is 2. The summed E-state index contributed by atoms with van der Waals surface area (Å²) >= 11 is 0. The van der Waals surface area contributed by atoms with E-state index in [1.54, 1.807) is 66.5 Å². The normalized spacial score (nSPS) is 10.2. The molecule has 0 unspecified atom stereocenters. The Kier molecular flexibility index (Phi) is 5.23. The number of amides is 1. The second-order valence-corrected chi connectivity index (χ2v) is 6.50. The fourth-order valence-corrected chi connectivity index (χ4v) is 2.69. The number of ketones is 1. The molecule has 1 amide bonds. The van der Waals surface area contributed by atoms with Crippen molar-refractivity contribution in [2.24, 2.45) is 7.05 Å². The maximum Gasteiger partial charge on any atom is 0.255 e. The Bertz CT molecular complexity index is 1070. The molecule has 3 aromatic rings. The van der Waals surface area contributed by atoms with Crippen molar-refractivity contribution in [3.05, 3.63) is 77.4 Å². The van der Waals surface area contributed by atoms with Gasteiger partial charge in [-0.25, -0.2) is 4.98 Å². The summed E-state index contributed by atoms with van der Waals surface area (Å²) < 4.78 is 1.66. The molecule has 0 atom stereocenters. The molecule has 0 radical (unpaired) electrons. The fraction of sp³-hybridized carbons (Fsp3) is 0.143. The van der Waals surface area contributed by atoms with E-state index in [-0.39, 0.29) is 11.7 Å². The molecule has 7 heteroatoms. The van der Waals surface area contributed by atoms with E-state index in [0.717, 1.165) is 5.69 Å². The number of nitrogens with one attached hydrogen (secondary N) is 1. The van der Waals surface area contributed by atoms with Gasteiger partial charge in [-0.05, 0) is 42.5 Å². The Balaban J connectivity index is 1.78. The molecule has 28 heavy (non-hydrogen) atoms. The van der Waals surface area contributed by atoms with E-state index in [1.165, 1.54) is 0 Å². The Morgan fingerprint density at radius 2 is 1.82 bits per heavy atom. The van der Waals surface area contributed by atoms with Gasteiger partial charge < -0.3 is 14.8 Å². The first kappa shape index (κ1) is 18.9. The van der Waals surface area contributed by atoms with Crippen LogP contribution in [0.15, 0.2) is 54.9 Å². The number of carbonyl (C=O) groups excluding carboxylic acids is 2. The highest BCUT2D eigenvalue weighted by Gasteiger charge is 2.14. The zero-order valence-electron chi connectivity index (χ0n) is 15.8. The van der Waals surface area contributed by atoms with E-state index in [4.69, 9.17) is 0 Å². The Hall–Kier alpha value is -3.92. The number of carbonyl (C=O) groups is 2. The van der Waals surface area contributed by atoms with E-state index in [0.29, 0.717) is 28.2 Å². The summed E-state index contributed by atoms with van der Waals surface area (Å²) in [4.78, 5) is 30.9. The van der Waals surface area contributed by atoms with Gasteiger partial charge in [-0.3, -0.25) is 9.59 Å². The van der Waals surface area contributed by atoms with Gasteiger partial charge >= 0.3 is 0 Å². The van der Waals surface area contributed by atoms with Crippen molar-refractivity contribution < 1.29 is 9.59 Å².